The smallest absolute Gasteiger partial charge is 0.337 e. The van der Waals surface area contributed by atoms with Gasteiger partial charge in [0.1, 0.15) is 0 Å². The number of aryl methyl sites for hydroxylation is 1. The summed E-state index contributed by atoms with van der Waals surface area (Å²) in [5.74, 6) is -0.274. The predicted octanol–water partition coefficient (Wildman–Crippen LogP) is 1.95. The first-order valence-corrected chi connectivity index (χ1v) is 6.49. The second-order valence-electron chi connectivity index (χ2n) is 5.20. The van der Waals surface area contributed by atoms with E-state index in [-0.39, 0.29) is 5.97 Å². The number of hydrogen-bond acceptors (Lipinski definition) is 3. The fourth-order valence-corrected chi connectivity index (χ4v) is 2.96. The van der Waals surface area contributed by atoms with Crippen LogP contribution in [0.2, 0.25) is 0 Å². The van der Waals surface area contributed by atoms with Crippen molar-refractivity contribution in [2.75, 3.05) is 20.7 Å². The van der Waals surface area contributed by atoms with Gasteiger partial charge >= 0.3 is 5.97 Å². The molecule has 19 heavy (non-hydrogen) atoms. The number of rotatable bonds is 1. The van der Waals surface area contributed by atoms with Crippen molar-refractivity contribution in [1.82, 2.24) is 9.47 Å². The van der Waals surface area contributed by atoms with E-state index in [1.807, 2.05) is 18.2 Å². The normalized spacial score (nSPS) is 15.5. The summed E-state index contributed by atoms with van der Waals surface area (Å²) in [6.45, 7) is 2.03. The molecule has 0 atom stereocenters. The van der Waals surface area contributed by atoms with Crippen molar-refractivity contribution >= 4 is 16.9 Å². The van der Waals surface area contributed by atoms with Gasteiger partial charge in [0.2, 0.25) is 0 Å². The Hall–Kier alpha value is -1.81. The van der Waals surface area contributed by atoms with Crippen molar-refractivity contribution in [1.29, 1.82) is 0 Å². The molecule has 0 N–H and O–H groups in total. The molecule has 0 unspecified atom stereocenters. The van der Waals surface area contributed by atoms with Crippen LogP contribution in [0.4, 0.5) is 0 Å². The molecule has 0 saturated carbocycles. The van der Waals surface area contributed by atoms with Gasteiger partial charge in [-0.3, -0.25) is 0 Å². The largest absolute Gasteiger partial charge is 0.465 e. The van der Waals surface area contributed by atoms with Gasteiger partial charge in [-0.2, -0.15) is 0 Å². The SMILES string of the molecule is COC(=O)c1ccc2c(c1)c1c(n2C)CCN(C)C1. The Bertz CT molecular complexity index is 658. The van der Waals surface area contributed by atoms with E-state index in [9.17, 15) is 4.79 Å². The maximum absolute atomic E-state index is 11.7. The average molecular weight is 258 g/mol. The molecule has 0 saturated heterocycles. The van der Waals surface area contributed by atoms with Crippen molar-refractivity contribution in [3.8, 4) is 0 Å². The van der Waals surface area contributed by atoms with Crippen LogP contribution in [0.5, 0.6) is 0 Å². The predicted molar refractivity (Wildman–Crippen MR) is 74.3 cm³/mol. The molecule has 4 heteroatoms. The third-order valence-electron chi connectivity index (χ3n) is 4.02. The molecule has 0 aliphatic carbocycles. The highest BCUT2D eigenvalue weighted by Gasteiger charge is 2.21. The van der Waals surface area contributed by atoms with Gasteiger partial charge in [0.25, 0.3) is 0 Å². The Morgan fingerprint density at radius 2 is 2.11 bits per heavy atom. The van der Waals surface area contributed by atoms with Crippen molar-refractivity contribution in [3.63, 3.8) is 0 Å². The molecule has 1 aliphatic rings. The summed E-state index contributed by atoms with van der Waals surface area (Å²) in [6.07, 6.45) is 1.06. The molecule has 1 aliphatic heterocycles. The van der Waals surface area contributed by atoms with Crippen LogP contribution in [0.1, 0.15) is 21.6 Å². The van der Waals surface area contributed by atoms with Crippen LogP contribution in [0.25, 0.3) is 10.9 Å². The molecule has 1 aromatic heterocycles. The van der Waals surface area contributed by atoms with Crippen LogP contribution in [0.15, 0.2) is 18.2 Å². The zero-order chi connectivity index (χ0) is 13.6. The number of esters is 1. The molecule has 0 spiro atoms. The van der Waals surface area contributed by atoms with Crippen molar-refractivity contribution < 1.29 is 9.53 Å². The van der Waals surface area contributed by atoms with Crippen molar-refractivity contribution in [3.05, 3.63) is 35.0 Å². The second kappa shape index (κ2) is 4.38. The van der Waals surface area contributed by atoms with Gasteiger partial charge in [0, 0.05) is 43.2 Å². The molecule has 0 amide bonds. The average Bonchev–Trinajstić information content (AvgIpc) is 2.70. The van der Waals surface area contributed by atoms with E-state index in [4.69, 9.17) is 4.74 Å². The van der Waals surface area contributed by atoms with Gasteiger partial charge in [0.15, 0.2) is 0 Å². The van der Waals surface area contributed by atoms with Crippen molar-refractivity contribution in [2.24, 2.45) is 7.05 Å². The molecule has 100 valence electrons. The summed E-state index contributed by atoms with van der Waals surface area (Å²) in [6, 6.07) is 5.81. The Balaban J connectivity index is 2.22. The number of hydrogen-bond donors (Lipinski definition) is 0. The Kier molecular flexibility index (Phi) is 2.82. The number of nitrogens with zero attached hydrogens (tertiary/aromatic N) is 2. The van der Waals surface area contributed by atoms with E-state index in [0.29, 0.717) is 5.56 Å². The fraction of sp³-hybridized carbons (Fsp3) is 0.400. The van der Waals surface area contributed by atoms with Crippen LogP contribution >= 0.6 is 0 Å². The lowest BCUT2D eigenvalue weighted by molar-refractivity contribution is 0.0601. The van der Waals surface area contributed by atoms with E-state index in [0.717, 1.165) is 19.5 Å². The number of carbonyl (C=O) groups excluding carboxylic acids is 1. The summed E-state index contributed by atoms with van der Waals surface area (Å²) in [7, 11) is 5.65. The molecular formula is C15H18N2O2. The summed E-state index contributed by atoms with van der Waals surface area (Å²) < 4.78 is 7.05. The second-order valence-corrected chi connectivity index (χ2v) is 5.20. The number of fused-ring (bicyclic) bond motifs is 3. The van der Waals surface area contributed by atoms with Crippen LogP contribution < -0.4 is 0 Å². The molecule has 1 aromatic carbocycles. The van der Waals surface area contributed by atoms with Gasteiger partial charge in [-0.15, -0.1) is 0 Å². The van der Waals surface area contributed by atoms with Crippen molar-refractivity contribution in [2.45, 2.75) is 13.0 Å². The van der Waals surface area contributed by atoms with Crippen LogP contribution in [0, 0.1) is 0 Å². The molecular weight excluding hydrogens is 240 g/mol. The lowest BCUT2D eigenvalue weighted by Crippen LogP contribution is -2.26. The van der Waals surface area contributed by atoms with E-state index in [1.54, 1.807) is 0 Å². The summed E-state index contributed by atoms with van der Waals surface area (Å²) >= 11 is 0. The van der Waals surface area contributed by atoms with Crippen LogP contribution in [0.3, 0.4) is 0 Å². The number of aromatic nitrogens is 1. The minimum Gasteiger partial charge on any atom is -0.465 e. The monoisotopic (exact) mass is 258 g/mol. The minimum atomic E-state index is -0.274. The number of methoxy groups -OCH3 is 1. The van der Waals surface area contributed by atoms with E-state index in [1.165, 1.54) is 29.3 Å². The van der Waals surface area contributed by atoms with Crippen LogP contribution in [-0.4, -0.2) is 36.1 Å². The first-order chi connectivity index (χ1) is 9.11. The molecule has 0 radical (unpaired) electrons. The molecule has 2 aromatic rings. The zero-order valence-corrected chi connectivity index (χ0v) is 11.6. The van der Waals surface area contributed by atoms with Gasteiger partial charge in [-0.1, -0.05) is 0 Å². The molecule has 2 heterocycles. The lowest BCUT2D eigenvalue weighted by atomic mass is 10.0. The fourth-order valence-electron chi connectivity index (χ4n) is 2.96. The summed E-state index contributed by atoms with van der Waals surface area (Å²) in [5.41, 5.74) is 4.54. The van der Waals surface area contributed by atoms with Gasteiger partial charge in [-0.25, -0.2) is 4.79 Å². The molecule has 4 nitrogen and oxygen atoms in total. The third kappa shape index (κ3) is 1.83. The molecule has 3 rings (SSSR count). The summed E-state index contributed by atoms with van der Waals surface area (Å²) in [4.78, 5) is 14.0. The molecule has 0 fully saturated rings. The Morgan fingerprint density at radius 1 is 1.32 bits per heavy atom. The van der Waals surface area contributed by atoms with Crippen LogP contribution in [-0.2, 0) is 24.8 Å². The standard InChI is InChI=1S/C15H18N2O2/c1-16-7-6-14-12(9-16)11-8-10(15(18)19-3)4-5-13(11)17(14)2/h4-5,8H,6-7,9H2,1-3H3. The number of carbonyl (C=O) groups is 1. The van der Waals surface area contributed by atoms with E-state index in [2.05, 4.69) is 23.6 Å². The number of ether oxygens (including phenoxy) is 1. The lowest BCUT2D eigenvalue weighted by Gasteiger charge is -2.23. The maximum atomic E-state index is 11.7. The first-order valence-electron chi connectivity index (χ1n) is 6.49. The highest BCUT2D eigenvalue weighted by Crippen LogP contribution is 2.30. The van der Waals surface area contributed by atoms with E-state index < -0.39 is 0 Å². The Labute approximate surface area is 112 Å². The highest BCUT2D eigenvalue weighted by molar-refractivity contribution is 5.96. The third-order valence-corrected chi connectivity index (χ3v) is 4.02. The van der Waals surface area contributed by atoms with Gasteiger partial charge in [0.05, 0.1) is 12.7 Å². The number of likely N-dealkylation sites (N-methyl/N-ethyl adjacent to an activating group) is 1. The van der Waals surface area contributed by atoms with Gasteiger partial charge in [-0.05, 0) is 30.8 Å². The van der Waals surface area contributed by atoms with E-state index >= 15 is 0 Å². The maximum Gasteiger partial charge on any atom is 0.337 e. The topological polar surface area (TPSA) is 34.5 Å². The quantitative estimate of drug-likeness (QED) is 0.733. The molecule has 0 bridgehead atoms. The Morgan fingerprint density at radius 3 is 2.84 bits per heavy atom. The van der Waals surface area contributed by atoms with Gasteiger partial charge < -0.3 is 14.2 Å². The minimum absolute atomic E-state index is 0.274. The first kappa shape index (κ1) is 12.2. The zero-order valence-electron chi connectivity index (χ0n) is 11.6. The number of benzene rings is 1. The summed E-state index contributed by atoms with van der Waals surface area (Å²) in [5, 5.41) is 1.17. The highest BCUT2D eigenvalue weighted by atomic mass is 16.5.